The molecule has 2 rings (SSSR count). The lowest BCUT2D eigenvalue weighted by Gasteiger charge is -2.15. The highest BCUT2D eigenvalue weighted by Gasteiger charge is 2.11. The zero-order valence-electron chi connectivity index (χ0n) is 11.2. The molecule has 1 unspecified atom stereocenters. The van der Waals surface area contributed by atoms with Crippen LogP contribution in [0.2, 0.25) is 5.02 Å². The first-order valence-corrected chi connectivity index (χ1v) is 7.55. The quantitative estimate of drug-likeness (QED) is 0.823. The summed E-state index contributed by atoms with van der Waals surface area (Å²) >= 11 is 7.72. The van der Waals surface area contributed by atoms with Crippen LogP contribution >= 0.6 is 23.4 Å². The average molecular weight is 292 g/mol. The normalized spacial score (nSPS) is 12.4. The minimum atomic E-state index is 0.263. The van der Waals surface area contributed by atoms with Crippen molar-refractivity contribution in [1.82, 2.24) is 0 Å². The number of aryl methyl sites for hydroxylation is 2. The van der Waals surface area contributed by atoms with Crippen molar-refractivity contribution in [2.75, 3.05) is 6.54 Å². The molecule has 1 atom stereocenters. The number of hydrogen-bond acceptors (Lipinski definition) is 2. The summed E-state index contributed by atoms with van der Waals surface area (Å²) < 4.78 is 0. The summed E-state index contributed by atoms with van der Waals surface area (Å²) in [7, 11) is 0. The van der Waals surface area contributed by atoms with E-state index in [1.165, 1.54) is 21.6 Å². The Morgan fingerprint density at radius 3 is 2.32 bits per heavy atom. The van der Waals surface area contributed by atoms with E-state index >= 15 is 0 Å². The molecule has 0 fully saturated rings. The molecule has 0 aliphatic rings. The molecule has 3 heteroatoms. The number of benzene rings is 2. The maximum absolute atomic E-state index is 5.92. The molecule has 0 amide bonds. The van der Waals surface area contributed by atoms with Crippen molar-refractivity contribution in [3.8, 4) is 0 Å². The molecule has 0 saturated carbocycles. The second-order valence-corrected chi connectivity index (χ2v) is 6.35. The predicted octanol–water partition coefficient (Wildman–Crippen LogP) is 4.75. The molecule has 2 N–H and O–H groups in total. The SMILES string of the molecule is Cc1ccc(SC(CN)c2ccc(Cl)cc2)cc1C. The lowest BCUT2D eigenvalue weighted by molar-refractivity contribution is 0.941. The van der Waals surface area contributed by atoms with Crippen molar-refractivity contribution >= 4 is 23.4 Å². The number of halogens is 1. The van der Waals surface area contributed by atoms with Gasteiger partial charge in [-0.3, -0.25) is 0 Å². The molecule has 0 heterocycles. The van der Waals surface area contributed by atoms with Crippen LogP contribution in [0.3, 0.4) is 0 Å². The standard InChI is InChI=1S/C16H18ClNS/c1-11-3-8-15(9-12(11)2)19-16(10-18)13-4-6-14(17)7-5-13/h3-9,16H,10,18H2,1-2H3. The van der Waals surface area contributed by atoms with E-state index in [2.05, 4.69) is 32.0 Å². The van der Waals surface area contributed by atoms with Gasteiger partial charge in [0.15, 0.2) is 0 Å². The van der Waals surface area contributed by atoms with Crippen LogP contribution in [-0.2, 0) is 0 Å². The number of nitrogens with two attached hydrogens (primary N) is 1. The fourth-order valence-electron chi connectivity index (χ4n) is 1.88. The summed E-state index contributed by atoms with van der Waals surface area (Å²) in [5.74, 6) is 0. The van der Waals surface area contributed by atoms with Gasteiger partial charge in [-0.15, -0.1) is 11.8 Å². The summed E-state index contributed by atoms with van der Waals surface area (Å²) in [6, 6.07) is 14.5. The van der Waals surface area contributed by atoms with Crippen molar-refractivity contribution in [1.29, 1.82) is 0 Å². The number of hydrogen-bond donors (Lipinski definition) is 1. The van der Waals surface area contributed by atoms with Crippen molar-refractivity contribution < 1.29 is 0 Å². The molecule has 1 nitrogen and oxygen atoms in total. The number of rotatable bonds is 4. The molecule has 0 aliphatic carbocycles. The van der Waals surface area contributed by atoms with E-state index in [9.17, 15) is 0 Å². The second kappa shape index (κ2) is 6.47. The number of thioether (sulfide) groups is 1. The van der Waals surface area contributed by atoms with Gasteiger partial charge in [0.25, 0.3) is 0 Å². The lowest BCUT2D eigenvalue weighted by atomic mass is 10.1. The molecule has 2 aromatic carbocycles. The molecular weight excluding hydrogens is 274 g/mol. The highest BCUT2D eigenvalue weighted by atomic mass is 35.5. The van der Waals surface area contributed by atoms with Crippen LogP contribution in [-0.4, -0.2) is 6.54 Å². The zero-order chi connectivity index (χ0) is 13.8. The van der Waals surface area contributed by atoms with Crippen LogP contribution in [0, 0.1) is 13.8 Å². The fourth-order valence-corrected chi connectivity index (χ4v) is 3.12. The van der Waals surface area contributed by atoms with Crippen LogP contribution in [0.5, 0.6) is 0 Å². The minimum Gasteiger partial charge on any atom is -0.329 e. The van der Waals surface area contributed by atoms with Gasteiger partial charge in [-0.2, -0.15) is 0 Å². The van der Waals surface area contributed by atoms with E-state index < -0.39 is 0 Å². The zero-order valence-corrected chi connectivity index (χ0v) is 12.8. The van der Waals surface area contributed by atoms with E-state index in [0.29, 0.717) is 6.54 Å². The maximum atomic E-state index is 5.92. The molecule has 0 aliphatic heterocycles. The Morgan fingerprint density at radius 2 is 1.74 bits per heavy atom. The van der Waals surface area contributed by atoms with E-state index in [4.69, 9.17) is 17.3 Å². The summed E-state index contributed by atoms with van der Waals surface area (Å²) in [4.78, 5) is 1.26. The van der Waals surface area contributed by atoms with Crippen LogP contribution in [0.4, 0.5) is 0 Å². The van der Waals surface area contributed by atoms with Gasteiger partial charge in [0.2, 0.25) is 0 Å². The average Bonchev–Trinajstić information content (AvgIpc) is 2.41. The van der Waals surface area contributed by atoms with Gasteiger partial charge in [-0.25, -0.2) is 0 Å². The van der Waals surface area contributed by atoms with Crippen molar-refractivity contribution in [2.45, 2.75) is 24.0 Å². The van der Waals surface area contributed by atoms with Gasteiger partial charge in [0, 0.05) is 21.7 Å². The Balaban J connectivity index is 2.18. The Hall–Kier alpha value is -0.960. The van der Waals surface area contributed by atoms with Crippen LogP contribution < -0.4 is 5.73 Å². The smallest absolute Gasteiger partial charge is 0.0466 e. The van der Waals surface area contributed by atoms with Gasteiger partial charge >= 0.3 is 0 Å². The van der Waals surface area contributed by atoms with Crippen LogP contribution in [0.15, 0.2) is 47.4 Å². The van der Waals surface area contributed by atoms with E-state index in [1.54, 1.807) is 11.8 Å². The maximum Gasteiger partial charge on any atom is 0.0466 e. The third-order valence-corrected chi connectivity index (χ3v) is 4.74. The summed E-state index contributed by atoms with van der Waals surface area (Å²) in [5, 5.41) is 1.02. The Labute approximate surface area is 124 Å². The van der Waals surface area contributed by atoms with Crippen molar-refractivity contribution in [2.24, 2.45) is 5.73 Å². The van der Waals surface area contributed by atoms with Crippen molar-refractivity contribution in [3.63, 3.8) is 0 Å². The van der Waals surface area contributed by atoms with Gasteiger partial charge in [0.1, 0.15) is 0 Å². The summed E-state index contributed by atoms with van der Waals surface area (Å²) in [6.07, 6.45) is 0. The van der Waals surface area contributed by atoms with Crippen LogP contribution in [0.1, 0.15) is 21.9 Å². The molecule has 0 aromatic heterocycles. The molecule has 19 heavy (non-hydrogen) atoms. The first kappa shape index (κ1) is 14.4. The highest BCUT2D eigenvalue weighted by Crippen LogP contribution is 2.35. The van der Waals surface area contributed by atoms with Gasteiger partial charge < -0.3 is 5.73 Å². The van der Waals surface area contributed by atoms with E-state index in [-0.39, 0.29) is 5.25 Å². The summed E-state index contributed by atoms with van der Waals surface area (Å²) in [5.41, 5.74) is 9.76. The topological polar surface area (TPSA) is 26.0 Å². The van der Waals surface area contributed by atoms with Gasteiger partial charge in [-0.1, -0.05) is 29.8 Å². The van der Waals surface area contributed by atoms with E-state index in [1.807, 2.05) is 24.3 Å². The molecule has 100 valence electrons. The largest absolute Gasteiger partial charge is 0.329 e. The molecule has 0 bridgehead atoms. The molecule has 2 aromatic rings. The molecule has 0 radical (unpaired) electrons. The first-order chi connectivity index (χ1) is 9.10. The predicted molar refractivity (Wildman–Crippen MR) is 85.0 cm³/mol. The van der Waals surface area contributed by atoms with Gasteiger partial charge in [-0.05, 0) is 54.8 Å². The highest BCUT2D eigenvalue weighted by molar-refractivity contribution is 7.99. The third-order valence-electron chi connectivity index (χ3n) is 3.21. The van der Waals surface area contributed by atoms with Crippen LogP contribution in [0.25, 0.3) is 0 Å². The summed E-state index contributed by atoms with van der Waals surface area (Å²) in [6.45, 7) is 4.88. The first-order valence-electron chi connectivity index (χ1n) is 6.29. The Kier molecular flexibility index (Phi) is 4.92. The lowest BCUT2D eigenvalue weighted by Crippen LogP contribution is -2.09. The monoisotopic (exact) mass is 291 g/mol. The Morgan fingerprint density at radius 1 is 1.05 bits per heavy atom. The second-order valence-electron chi connectivity index (χ2n) is 4.64. The molecule has 0 saturated heterocycles. The molecule has 0 spiro atoms. The Bertz CT molecular complexity index is 551. The fraction of sp³-hybridized carbons (Fsp3) is 0.250. The minimum absolute atomic E-state index is 0.263. The third kappa shape index (κ3) is 3.75. The van der Waals surface area contributed by atoms with E-state index in [0.717, 1.165) is 5.02 Å². The van der Waals surface area contributed by atoms with Gasteiger partial charge in [0.05, 0.1) is 0 Å². The van der Waals surface area contributed by atoms with Crippen molar-refractivity contribution in [3.05, 3.63) is 64.2 Å². The molecular formula is C16H18ClNS.